The molecule has 0 fully saturated rings. The number of fused-ring (bicyclic) bond motifs is 5. The molecule has 0 saturated carbocycles. The third-order valence-corrected chi connectivity index (χ3v) is 8.91. The van der Waals surface area contributed by atoms with Gasteiger partial charge in [-0.3, -0.25) is 0 Å². The van der Waals surface area contributed by atoms with E-state index in [1.807, 2.05) is 0 Å². The van der Waals surface area contributed by atoms with Crippen LogP contribution in [0.5, 0.6) is 0 Å². The number of aromatic nitrogens is 3. The highest BCUT2D eigenvalue weighted by Gasteiger charge is 2.23. The highest BCUT2D eigenvalue weighted by molar-refractivity contribution is 6.89. The molecular weight excluding hydrogens is 418 g/mol. The Hall–Kier alpha value is -2.98. The highest BCUT2D eigenvalue weighted by atomic mass is 28.3. The summed E-state index contributed by atoms with van der Waals surface area (Å²) in [7, 11) is -1.54. The Balaban J connectivity index is 1.90. The van der Waals surface area contributed by atoms with Crippen LogP contribution >= 0.6 is 0 Å². The zero-order chi connectivity index (χ0) is 23.3. The molecule has 0 aliphatic carbocycles. The molecule has 3 heterocycles. The van der Waals surface area contributed by atoms with E-state index in [1.165, 1.54) is 54.4 Å². The summed E-state index contributed by atoms with van der Waals surface area (Å²) in [6, 6.07) is 16.4. The van der Waals surface area contributed by atoms with Gasteiger partial charge in [-0.25, -0.2) is 9.97 Å². The number of pyridine rings is 1. The van der Waals surface area contributed by atoms with Gasteiger partial charge in [-0.2, -0.15) is 0 Å². The van der Waals surface area contributed by atoms with Crippen LogP contribution in [0.2, 0.25) is 19.6 Å². The minimum atomic E-state index is -1.54. The average Bonchev–Trinajstić information content (AvgIpc) is 3.03. The van der Waals surface area contributed by atoms with Gasteiger partial charge in [-0.05, 0) is 60.2 Å². The van der Waals surface area contributed by atoms with Crippen LogP contribution < -0.4 is 5.19 Å². The van der Waals surface area contributed by atoms with Gasteiger partial charge in [0.2, 0.25) is 0 Å². The topological polar surface area (TPSA) is 30.2 Å². The van der Waals surface area contributed by atoms with E-state index in [0.717, 1.165) is 17.5 Å². The molecule has 33 heavy (non-hydrogen) atoms. The molecule has 0 spiro atoms. The van der Waals surface area contributed by atoms with Crippen LogP contribution in [0.15, 0.2) is 48.8 Å². The lowest BCUT2D eigenvalue weighted by Gasteiger charge is -2.20. The molecule has 0 aliphatic rings. The molecule has 0 amide bonds. The first-order valence-electron chi connectivity index (χ1n) is 11.9. The lowest BCUT2D eigenvalue weighted by molar-refractivity contribution is 0.411. The van der Waals surface area contributed by atoms with E-state index in [-0.39, 0.29) is 5.41 Å². The van der Waals surface area contributed by atoms with E-state index < -0.39 is 8.07 Å². The molecule has 6 aromatic rings. The Morgan fingerprint density at radius 2 is 1.61 bits per heavy atom. The number of hydrogen-bond donors (Lipinski definition) is 0. The summed E-state index contributed by atoms with van der Waals surface area (Å²) in [5.41, 5.74) is 8.84. The van der Waals surface area contributed by atoms with Gasteiger partial charge in [0.25, 0.3) is 0 Å². The van der Waals surface area contributed by atoms with Crippen LogP contribution in [-0.2, 0) is 6.42 Å². The lowest BCUT2D eigenvalue weighted by atomic mass is 9.88. The second kappa shape index (κ2) is 6.54. The number of benzene rings is 3. The molecular formula is C29H31N3Si. The number of rotatable bonds is 2. The third-order valence-electron chi connectivity index (χ3n) is 6.88. The summed E-state index contributed by atoms with van der Waals surface area (Å²) < 4.78 is 2.51. The first kappa shape index (κ1) is 20.6. The molecule has 4 heteroatoms. The van der Waals surface area contributed by atoms with Gasteiger partial charge in [0, 0.05) is 16.2 Å². The van der Waals surface area contributed by atoms with Crippen LogP contribution in [0, 0.1) is 12.3 Å². The third kappa shape index (κ3) is 3.07. The van der Waals surface area contributed by atoms with Gasteiger partial charge in [0.05, 0.1) is 41.0 Å². The minimum Gasteiger partial charge on any atom is -0.308 e. The van der Waals surface area contributed by atoms with Crippen LogP contribution in [0.1, 0.15) is 31.9 Å². The van der Waals surface area contributed by atoms with Gasteiger partial charge < -0.3 is 4.40 Å². The Morgan fingerprint density at radius 3 is 2.33 bits per heavy atom. The van der Waals surface area contributed by atoms with E-state index in [4.69, 9.17) is 9.97 Å². The standard InChI is InChI=1S/C29H31N3Si/c1-17-10-21-20-9-8-18(15-29(2,3)4)12-24(20)32-25-14-19(33(5,6)7)13-23-26(25)27(31-16-30-23)22(11-17)28(21)32/h8-14,16H,15H2,1-7H3. The van der Waals surface area contributed by atoms with Crippen molar-refractivity contribution in [2.75, 3.05) is 0 Å². The minimum absolute atomic E-state index is 0.245. The van der Waals surface area contributed by atoms with Crippen molar-refractivity contribution >= 4 is 62.4 Å². The normalized spacial score (nSPS) is 13.4. The average molecular weight is 450 g/mol. The van der Waals surface area contributed by atoms with Crippen molar-refractivity contribution in [3.63, 3.8) is 0 Å². The molecule has 3 aromatic heterocycles. The molecule has 0 bridgehead atoms. The molecule has 0 radical (unpaired) electrons. The summed E-state index contributed by atoms with van der Waals surface area (Å²) in [6.07, 6.45) is 2.80. The molecule has 6 rings (SSSR count). The van der Waals surface area contributed by atoms with Crippen molar-refractivity contribution in [3.05, 3.63) is 59.9 Å². The molecule has 3 aromatic carbocycles. The lowest BCUT2D eigenvalue weighted by Crippen LogP contribution is -2.37. The van der Waals surface area contributed by atoms with Gasteiger partial charge in [0.1, 0.15) is 6.33 Å². The van der Waals surface area contributed by atoms with Crippen molar-refractivity contribution in [1.82, 2.24) is 14.4 Å². The molecule has 0 atom stereocenters. The fraction of sp³-hybridized carbons (Fsp3) is 0.310. The SMILES string of the molecule is Cc1cc2c3ccc(CC(C)(C)C)cc3n3c4cc([Si](C)(C)C)cc5ncnc(c(c1)c23)c54. The predicted molar refractivity (Wildman–Crippen MR) is 145 cm³/mol. The van der Waals surface area contributed by atoms with Gasteiger partial charge in [-0.1, -0.05) is 57.7 Å². The Morgan fingerprint density at radius 1 is 0.848 bits per heavy atom. The number of hydrogen-bond acceptors (Lipinski definition) is 2. The van der Waals surface area contributed by atoms with E-state index in [0.29, 0.717) is 0 Å². The molecule has 3 nitrogen and oxygen atoms in total. The fourth-order valence-corrected chi connectivity index (χ4v) is 6.61. The Labute approximate surface area is 195 Å². The highest BCUT2D eigenvalue weighted by Crippen LogP contribution is 2.40. The summed E-state index contributed by atoms with van der Waals surface area (Å²) in [6.45, 7) is 16.4. The van der Waals surface area contributed by atoms with Crippen molar-refractivity contribution in [3.8, 4) is 0 Å². The number of aryl methyl sites for hydroxylation is 1. The second-order valence-electron chi connectivity index (χ2n) is 12.0. The van der Waals surface area contributed by atoms with Crippen molar-refractivity contribution in [2.45, 2.75) is 53.8 Å². The van der Waals surface area contributed by atoms with Crippen LogP contribution in [0.3, 0.4) is 0 Å². The first-order valence-corrected chi connectivity index (χ1v) is 15.4. The van der Waals surface area contributed by atoms with Crippen molar-refractivity contribution < 1.29 is 0 Å². The first-order chi connectivity index (χ1) is 15.5. The molecule has 0 aliphatic heterocycles. The Kier molecular flexibility index (Phi) is 4.08. The fourth-order valence-electron chi connectivity index (χ4n) is 5.47. The molecule has 0 N–H and O–H groups in total. The smallest absolute Gasteiger partial charge is 0.116 e. The quantitative estimate of drug-likeness (QED) is 0.159. The van der Waals surface area contributed by atoms with Crippen molar-refractivity contribution in [1.29, 1.82) is 0 Å². The van der Waals surface area contributed by atoms with Crippen LogP contribution in [0.4, 0.5) is 0 Å². The van der Waals surface area contributed by atoms with E-state index >= 15 is 0 Å². The summed E-state index contributed by atoms with van der Waals surface area (Å²) in [5.74, 6) is 0. The molecule has 0 saturated heterocycles. The second-order valence-corrected chi connectivity index (χ2v) is 17.1. The predicted octanol–water partition coefficient (Wildman–Crippen LogP) is 7.22. The Bertz CT molecular complexity index is 1710. The molecule has 166 valence electrons. The van der Waals surface area contributed by atoms with Gasteiger partial charge in [0.15, 0.2) is 0 Å². The number of nitrogens with zero attached hydrogens (tertiary/aromatic N) is 3. The van der Waals surface area contributed by atoms with E-state index in [9.17, 15) is 0 Å². The molecule has 0 unspecified atom stereocenters. The summed E-state index contributed by atoms with van der Waals surface area (Å²) in [4.78, 5) is 9.56. The maximum absolute atomic E-state index is 4.82. The van der Waals surface area contributed by atoms with Gasteiger partial charge >= 0.3 is 0 Å². The summed E-state index contributed by atoms with van der Waals surface area (Å²) in [5, 5.41) is 6.47. The zero-order valence-corrected chi connectivity index (χ0v) is 21.7. The largest absolute Gasteiger partial charge is 0.308 e. The van der Waals surface area contributed by atoms with Crippen molar-refractivity contribution in [2.24, 2.45) is 5.41 Å². The van der Waals surface area contributed by atoms with E-state index in [2.05, 4.69) is 94.2 Å². The van der Waals surface area contributed by atoms with Crippen LogP contribution in [0.25, 0.3) is 49.1 Å². The zero-order valence-electron chi connectivity index (χ0n) is 20.7. The van der Waals surface area contributed by atoms with Crippen LogP contribution in [-0.4, -0.2) is 22.4 Å². The maximum Gasteiger partial charge on any atom is 0.116 e. The monoisotopic (exact) mass is 449 g/mol. The van der Waals surface area contributed by atoms with E-state index in [1.54, 1.807) is 6.33 Å². The van der Waals surface area contributed by atoms with Gasteiger partial charge in [-0.15, -0.1) is 0 Å². The summed E-state index contributed by atoms with van der Waals surface area (Å²) >= 11 is 0. The maximum atomic E-state index is 4.82.